The lowest BCUT2D eigenvalue weighted by Crippen LogP contribution is -2.40. The Bertz CT molecular complexity index is 1260. The number of amides is 1. The molecule has 1 saturated heterocycles. The first-order valence-corrected chi connectivity index (χ1v) is 11.8. The zero-order valence-electron chi connectivity index (χ0n) is 20.0. The van der Waals surface area contributed by atoms with Crippen LogP contribution in [-0.2, 0) is 12.7 Å². The zero-order valence-corrected chi connectivity index (χ0v) is 20.0. The van der Waals surface area contributed by atoms with Crippen molar-refractivity contribution in [2.24, 2.45) is 11.7 Å². The summed E-state index contributed by atoms with van der Waals surface area (Å²) in [6.07, 6.45) is -5.11. The molecule has 4 rings (SSSR count). The van der Waals surface area contributed by atoms with Crippen molar-refractivity contribution in [3.63, 3.8) is 0 Å². The van der Waals surface area contributed by atoms with Crippen molar-refractivity contribution in [2.45, 2.75) is 32.0 Å². The molecule has 3 N–H and O–H groups in total. The van der Waals surface area contributed by atoms with Gasteiger partial charge in [-0.3, -0.25) is 9.48 Å². The van der Waals surface area contributed by atoms with Gasteiger partial charge in [0.25, 0.3) is 12.3 Å². The van der Waals surface area contributed by atoms with E-state index in [1.807, 2.05) is 0 Å². The number of hydrogen-bond donors (Lipinski definition) is 2. The van der Waals surface area contributed by atoms with Gasteiger partial charge in [-0.25, -0.2) is 13.2 Å². The van der Waals surface area contributed by atoms with Gasteiger partial charge in [0, 0.05) is 19.3 Å². The summed E-state index contributed by atoms with van der Waals surface area (Å²) in [5, 5.41) is 6.24. The Morgan fingerprint density at radius 1 is 1.16 bits per heavy atom. The maximum Gasteiger partial charge on any atom is 0.422 e. The van der Waals surface area contributed by atoms with Gasteiger partial charge in [-0.15, -0.1) is 0 Å². The number of alkyl halides is 5. The summed E-state index contributed by atoms with van der Waals surface area (Å²) in [7, 11) is 0. The Morgan fingerprint density at radius 3 is 2.55 bits per heavy atom. The fraction of sp³-hybridized carbons (Fsp3) is 0.360. The molecule has 1 fully saturated rings. The molecule has 1 amide bonds. The molecule has 0 bridgehead atoms. The first-order valence-electron chi connectivity index (χ1n) is 11.8. The van der Waals surface area contributed by atoms with Gasteiger partial charge in [-0.05, 0) is 67.8 Å². The topological polar surface area (TPSA) is 85.4 Å². The van der Waals surface area contributed by atoms with Crippen molar-refractivity contribution in [3.8, 4) is 11.5 Å². The summed E-state index contributed by atoms with van der Waals surface area (Å²) < 4.78 is 88.8. The summed E-state index contributed by atoms with van der Waals surface area (Å²) in [6.45, 7) is 0.0181. The Morgan fingerprint density at radius 2 is 1.89 bits per heavy atom. The van der Waals surface area contributed by atoms with Gasteiger partial charge in [0.15, 0.2) is 5.69 Å². The molecule has 0 aliphatic carbocycles. The van der Waals surface area contributed by atoms with Crippen molar-refractivity contribution < 1.29 is 35.9 Å². The molecule has 2 heterocycles. The zero-order chi connectivity index (χ0) is 27.4. The van der Waals surface area contributed by atoms with E-state index in [0.717, 1.165) is 29.3 Å². The average molecular weight is 541 g/mol. The molecule has 1 aliphatic rings. The average Bonchev–Trinajstić information content (AvgIpc) is 3.33. The number of rotatable bonds is 8. The van der Waals surface area contributed by atoms with Crippen LogP contribution in [0.3, 0.4) is 0 Å². The third-order valence-electron chi connectivity index (χ3n) is 6.08. The smallest absolute Gasteiger partial charge is 0.422 e. The SMILES string of the molecule is NC[C@@H]1CCCN(c2c(NC(=O)c3ccn(CC(F)F)n3)ccc(Oc3ccc(F)cc3)c2C(F)(F)F)C1. The highest BCUT2D eigenvalue weighted by atomic mass is 19.4. The summed E-state index contributed by atoms with van der Waals surface area (Å²) >= 11 is 0. The molecule has 0 saturated carbocycles. The largest absolute Gasteiger partial charge is 0.457 e. The quantitative estimate of drug-likeness (QED) is 0.367. The van der Waals surface area contributed by atoms with Crippen molar-refractivity contribution in [3.05, 3.63) is 65.7 Å². The minimum absolute atomic E-state index is 0.0114. The molecule has 7 nitrogen and oxygen atoms in total. The number of ether oxygens (including phenoxy) is 1. The first-order chi connectivity index (χ1) is 18.0. The lowest BCUT2D eigenvalue weighted by molar-refractivity contribution is -0.138. The lowest BCUT2D eigenvalue weighted by Gasteiger charge is -2.37. The highest BCUT2D eigenvalue weighted by Gasteiger charge is 2.41. The van der Waals surface area contributed by atoms with E-state index in [1.165, 1.54) is 35.4 Å². The number of benzene rings is 2. The molecular weight excluding hydrogens is 516 g/mol. The standard InChI is InChI=1S/C25H25F6N5O2/c26-16-3-5-17(6-4-16)38-20-8-7-18(33-24(37)19-9-11-36(34-19)14-21(27)28)23(22(20)25(29,30)31)35-10-1-2-15(12-32)13-35/h3-9,11,15,21H,1-2,10,12-14,32H2,(H,33,37)/t15-/m0/s1. The minimum atomic E-state index is -4.90. The predicted molar refractivity (Wildman–Crippen MR) is 128 cm³/mol. The minimum Gasteiger partial charge on any atom is -0.457 e. The van der Waals surface area contributed by atoms with Crippen molar-refractivity contribution >= 4 is 17.3 Å². The Balaban J connectivity index is 1.77. The Labute approximate surface area is 214 Å². The van der Waals surface area contributed by atoms with Gasteiger partial charge in [0.1, 0.15) is 29.4 Å². The second kappa shape index (κ2) is 11.3. The van der Waals surface area contributed by atoms with E-state index >= 15 is 0 Å². The van der Waals surface area contributed by atoms with Crippen molar-refractivity contribution in [1.29, 1.82) is 0 Å². The van der Waals surface area contributed by atoms with Crippen LogP contribution in [0.4, 0.5) is 37.7 Å². The molecule has 204 valence electrons. The highest BCUT2D eigenvalue weighted by Crippen LogP contribution is 2.48. The number of halogens is 6. The van der Waals surface area contributed by atoms with Crippen LogP contribution in [0.2, 0.25) is 0 Å². The van der Waals surface area contributed by atoms with Gasteiger partial charge in [-0.2, -0.15) is 18.3 Å². The van der Waals surface area contributed by atoms with Crippen LogP contribution in [0.5, 0.6) is 11.5 Å². The van der Waals surface area contributed by atoms with E-state index in [1.54, 1.807) is 0 Å². The number of nitrogens with one attached hydrogen (secondary N) is 1. The fourth-order valence-electron chi connectivity index (χ4n) is 4.36. The Hall–Kier alpha value is -3.74. The molecule has 2 aromatic carbocycles. The van der Waals surface area contributed by atoms with Crippen LogP contribution in [0.1, 0.15) is 28.9 Å². The van der Waals surface area contributed by atoms with E-state index < -0.39 is 42.2 Å². The fourth-order valence-corrected chi connectivity index (χ4v) is 4.36. The number of anilines is 2. The predicted octanol–water partition coefficient (Wildman–Crippen LogP) is 5.53. The molecule has 1 aliphatic heterocycles. The second-order valence-electron chi connectivity index (χ2n) is 8.85. The normalized spacial score (nSPS) is 16.1. The number of piperidine rings is 1. The van der Waals surface area contributed by atoms with Crippen LogP contribution in [0.15, 0.2) is 48.7 Å². The third kappa shape index (κ3) is 6.39. The van der Waals surface area contributed by atoms with Crippen LogP contribution in [0.25, 0.3) is 0 Å². The first kappa shape index (κ1) is 27.3. The highest BCUT2D eigenvalue weighted by molar-refractivity contribution is 6.05. The molecule has 13 heteroatoms. The van der Waals surface area contributed by atoms with Gasteiger partial charge in [-0.1, -0.05) is 0 Å². The van der Waals surface area contributed by atoms with Gasteiger partial charge >= 0.3 is 6.18 Å². The van der Waals surface area contributed by atoms with E-state index in [4.69, 9.17) is 10.5 Å². The lowest BCUT2D eigenvalue weighted by atomic mass is 9.96. The van der Waals surface area contributed by atoms with Gasteiger partial charge in [0.2, 0.25) is 0 Å². The molecule has 1 aromatic heterocycles. The number of carbonyl (C=O) groups is 1. The summed E-state index contributed by atoms with van der Waals surface area (Å²) in [5.41, 5.74) is 3.97. The molecular formula is C25H25F6N5O2. The second-order valence-corrected chi connectivity index (χ2v) is 8.85. The van der Waals surface area contributed by atoms with Crippen molar-refractivity contribution in [1.82, 2.24) is 9.78 Å². The molecule has 3 aromatic rings. The number of hydrogen-bond acceptors (Lipinski definition) is 5. The number of carbonyl (C=O) groups excluding carboxylic acids is 1. The summed E-state index contributed by atoms with van der Waals surface area (Å²) in [4.78, 5) is 14.4. The maximum atomic E-state index is 14.6. The Kier molecular flexibility index (Phi) is 8.14. The van der Waals surface area contributed by atoms with Gasteiger partial charge < -0.3 is 20.7 Å². The maximum absolute atomic E-state index is 14.6. The number of nitrogens with zero attached hydrogens (tertiary/aromatic N) is 3. The molecule has 0 spiro atoms. The van der Waals surface area contributed by atoms with Crippen LogP contribution < -0.4 is 20.7 Å². The molecule has 38 heavy (non-hydrogen) atoms. The number of aromatic nitrogens is 2. The monoisotopic (exact) mass is 541 g/mol. The van der Waals surface area contributed by atoms with Crippen LogP contribution in [0, 0.1) is 11.7 Å². The van der Waals surface area contributed by atoms with Crippen LogP contribution >= 0.6 is 0 Å². The van der Waals surface area contributed by atoms with Crippen LogP contribution in [-0.4, -0.2) is 41.7 Å². The molecule has 0 unspecified atom stereocenters. The van der Waals surface area contributed by atoms with E-state index in [2.05, 4.69) is 10.4 Å². The summed E-state index contributed by atoms with van der Waals surface area (Å²) in [5.74, 6) is -2.06. The van der Waals surface area contributed by atoms with Gasteiger partial charge in [0.05, 0.1) is 11.4 Å². The molecule has 0 radical (unpaired) electrons. The third-order valence-corrected chi connectivity index (χ3v) is 6.08. The van der Waals surface area contributed by atoms with Crippen molar-refractivity contribution in [2.75, 3.05) is 29.9 Å². The number of nitrogens with two attached hydrogens (primary N) is 1. The summed E-state index contributed by atoms with van der Waals surface area (Å²) in [6, 6.07) is 8.04. The van der Waals surface area contributed by atoms with E-state index in [9.17, 15) is 31.1 Å². The molecule has 1 atom stereocenters. The van der Waals surface area contributed by atoms with E-state index in [-0.39, 0.29) is 48.4 Å². The van der Waals surface area contributed by atoms with E-state index in [0.29, 0.717) is 6.42 Å².